The Morgan fingerprint density at radius 2 is 2.46 bits per heavy atom. The fourth-order valence-electron chi connectivity index (χ4n) is 1.07. The van der Waals surface area contributed by atoms with E-state index in [0.29, 0.717) is 12.3 Å². The molecule has 0 aromatic heterocycles. The van der Waals surface area contributed by atoms with Gasteiger partial charge in [0.1, 0.15) is 12.6 Å². The number of carbonyl (C=O) groups is 2. The number of nitrogens with one attached hydrogen (secondary N) is 2. The zero-order valence-electron chi connectivity index (χ0n) is 7.79. The van der Waals surface area contributed by atoms with Crippen LogP contribution in [0.15, 0.2) is 0 Å². The predicted molar refractivity (Wildman–Crippen MR) is 45.5 cm³/mol. The topological polar surface area (TPSA) is 67.4 Å². The first kappa shape index (κ1) is 9.98. The van der Waals surface area contributed by atoms with E-state index >= 15 is 0 Å². The van der Waals surface area contributed by atoms with Crippen LogP contribution < -0.4 is 10.8 Å². The van der Waals surface area contributed by atoms with E-state index in [1.54, 1.807) is 0 Å². The molecule has 0 aromatic rings. The first-order valence-corrected chi connectivity index (χ1v) is 4.30. The summed E-state index contributed by atoms with van der Waals surface area (Å²) in [5, 5.41) is 2.58. The zero-order chi connectivity index (χ0) is 9.84. The van der Waals surface area contributed by atoms with Crippen molar-refractivity contribution in [1.82, 2.24) is 10.8 Å². The van der Waals surface area contributed by atoms with Gasteiger partial charge in [0.05, 0.1) is 0 Å². The molecule has 5 nitrogen and oxygen atoms in total. The van der Waals surface area contributed by atoms with E-state index < -0.39 is 6.04 Å². The van der Waals surface area contributed by atoms with Crippen molar-refractivity contribution in [3.05, 3.63) is 0 Å². The summed E-state index contributed by atoms with van der Waals surface area (Å²) >= 11 is 0. The summed E-state index contributed by atoms with van der Waals surface area (Å²) in [6.07, 6.45) is 0.434. The maximum atomic E-state index is 11.2. The SMILES string of the molecule is CC(C)CC(=O)N[C@@H]1CONC1=O. The molecule has 0 unspecified atom stereocenters. The molecule has 0 saturated carbocycles. The highest BCUT2D eigenvalue weighted by atomic mass is 16.7. The van der Waals surface area contributed by atoms with Crippen LogP contribution in [0.4, 0.5) is 0 Å². The van der Waals surface area contributed by atoms with E-state index in [9.17, 15) is 9.59 Å². The van der Waals surface area contributed by atoms with Gasteiger partial charge < -0.3 is 5.32 Å². The smallest absolute Gasteiger partial charge is 0.268 e. The third kappa shape index (κ3) is 3.02. The minimum atomic E-state index is -0.522. The van der Waals surface area contributed by atoms with Crippen molar-refractivity contribution in [1.29, 1.82) is 0 Å². The van der Waals surface area contributed by atoms with Gasteiger partial charge in [-0.05, 0) is 5.92 Å². The van der Waals surface area contributed by atoms with Gasteiger partial charge in [-0.2, -0.15) is 0 Å². The molecule has 1 rings (SSSR count). The molecule has 1 heterocycles. The molecule has 74 valence electrons. The highest BCUT2D eigenvalue weighted by Gasteiger charge is 2.26. The maximum Gasteiger partial charge on any atom is 0.268 e. The second-order valence-corrected chi connectivity index (χ2v) is 3.50. The van der Waals surface area contributed by atoms with E-state index in [1.807, 2.05) is 13.8 Å². The van der Waals surface area contributed by atoms with Crippen molar-refractivity contribution >= 4 is 11.8 Å². The Morgan fingerprint density at radius 1 is 1.77 bits per heavy atom. The number of rotatable bonds is 3. The van der Waals surface area contributed by atoms with E-state index in [1.165, 1.54) is 0 Å². The van der Waals surface area contributed by atoms with E-state index in [4.69, 9.17) is 0 Å². The average Bonchev–Trinajstić information content (AvgIpc) is 2.34. The van der Waals surface area contributed by atoms with E-state index in [-0.39, 0.29) is 18.4 Å². The van der Waals surface area contributed by atoms with Crippen LogP contribution in [-0.2, 0) is 14.4 Å². The van der Waals surface area contributed by atoms with Crippen molar-refractivity contribution in [2.24, 2.45) is 5.92 Å². The van der Waals surface area contributed by atoms with Gasteiger partial charge in [0, 0.05) is 6.42 Å². The Morgan fingerprint density at radius 3 is 2.92 bits per heavy atom. The fourth-order valence-corrected chi connectivity index (χ4v) is 1.07. The second kappa shape index (κ2) is 4.23. The van der Waals surface area contributed by atoms with Gasteiger partial charge in [-0.3, -0.25) is 14.4 Å². The molecule has 0 spiro atoms. The maximum absolute atomic E-state index is 11.2. The monoisotopic (exact) mass is 186 g/mol. The van der Waals surface area contributed by atoms with Crippen LogP contribution in [-0.4, -0.2) is 24.5 Å². The van der Waals surface area contributed by atoms with Crippen molar-refractivity contribution < 1.29 is 14.4 Å². The number of amides is 2. The van der Waals surface area contributed by atoms with Crippen LogP contribution in [0.3, 0.4) is 0 Å². The van der Waals surface area contributed by atoms with Gasteiger partial charge in [0.15, 0.2) is 0 Å². The van der Waals surface area contributed by atoms with Gasteiger partial charge in [0.2, 0.25) is 5.91 Å². The third-order valence-electron chi connectivity index (χ3n) is 1.67. The van der Waals surface area contributed by atoms with Gasteiger partial charge in [-0.1, -0.05) is 13.8 Å². The minimum absolute atomic E-state index is 0.111. The molecule has 1 aliphatic heterocycles. The highest BCUT2D eigenvalue weighted by molar-refractivity contribution is 5.88. The van der Waals surface area contributed by atoms with Gasteiger partial charge in [-0.25, -0.2) is 5.48 Å². The molecule has 0 radical (unpaired) electrons. The summed E-state index contributed by atoms with van der Waals surface area (Å²) in [6.45, 7) is 4.11. The molecule has 13 heavy (non-hydrogen) atoms. The largest absolute Gasteiger partial charge is 0.342 e. The van der Waals surface area contributed by atoms with Crippen molar-refractivity contribution in [3.63, 3.8) is 0 Å². The van der Waals surface area contributed by atoms with Gasteiger partial charge in [-0.15, -0.1) is 0 Å². The van der Waals surface area contributed by atoms with Crippen LogP contribution in [0.5, 0.6) is 0 Å². The zero-order valence-corrected chi connectivity index (χ0v) is 7.79. The summed E-state index contributed by atoms with van der Waals surface area (Å²) in [5.41, 5.74) is 2.17. The normalized spacial score (nSPS) is 21.8. The lowest BCUT2D eigenvalue weighted by molar-refractivity contribution is -0.129. The molecule has 0 aliphatic carbocycles. The molecular formula is C8H14N2O3. The summed E-state index contributed by atoms with van der Waals surface area (Å²) in [7, 11) is 0. The van der Waals surface area contributed by atoms with Gasteiger partial charge >= 0.3 is 0 Å². The minimum Gasteiger partial charge on any atom is -0.342 e. The number of hydroxylamine groups is 1. The Kier molecular flexibility index (Phi) is 3.25. The average molecular weight is 186 g/mol. The molecule has 5 heteroatoms. The van der Waals surface area contributed by atoms with Crippen molar-refractivity contribution in [2.75, 3.05) is 6.61 Å². The van der Waals surface area contributed by atoms with E-state index in [2.05, 4.69) is 15.6 Å². The molecule has 0 bridgehead atoms. The first-order valence-electron chi connectivity index (χ1n) is 4.30. The fraction of sp³-hybridized carbons (Fsp3) is 0.750. The lowest BCUT2D eigenvalue weighted by Gasteiger charge is -2.09. The van der Waals surface area contributed by atoms with E-state index in [0.717, 1.165) is 0 Å². The second-order valence-electron chi connectivity index (χ2n) is 3.50. The van der Waals surface area contributed by atoms with Gasteiger partial charge in [0.25, 0.3) is 5.91 Å². The molecule has 1 aliphatic rings. The number of hydrogen-bond acceptors (Lipinski definition) is 3. The summed E-state index contributed by atoms with van der Waals surface area (Å²) in [6, 6.07) is -0.522. The Hall–Kier alpha value is -1.10. The van der Waals surface area contributed by atoms with Crippen LogP contribution in [0.25, 0.3) is 0 Å². The number of hydrogen-bond donors (Lipinski definition) is 2. The molecule has 1 atom stereocenters. The van der Waals surface area contributed by atoms with Crippen LogP contribution in [0, 0.1) is 5.92 Å². The quantitative estimate of drug-likeness (QED) is 0.629. The summed E-state index contributed by atoms with van der Waals surface area (Å²) in [4.78, 5) is 26.8. The standard InChI is InChI=1S/C8H14N2O3/c1-5(2)3-7(11)9-6-4-13-10-8(6)12/h5-6H,3-4H2,1-2H3,(H,9,11)(H,10,12)/t6-/m1/s1. The van der Waals surface area contributed by atoms with Crippen molar-refractivity contribution in [3.8, 4) is 0 Å². The third-order valence-corrected chi connectivity index (χ3v) is 1.67. The highest BCUT2D eigenvalue weighted by Crippen LogP contribution is 2.00. The summed E-state index contributed by atoms with van der Waals surface area (Å²) < 4.78 is 0. The molecule has 2 N–H and O–H groups in total. The lowest BCUT2D eigenvalue weighted by Crippen LogP contribution is -2.41. The number of carbonyl (C=O) groups excluding carboxylic acids is 2. The van der Waals surface area contributed by atoms with Crippen LogP contribution in [0.1, 0.15) is 20.3 Å². The molecule has 1 fully saturated rings. The Labute approximate surface area is 76.8 Å². The van der Waals surface area contributed by atoms with Crippen molar-refractivity contribution in [2.45, 2.75) is 26.3 Å². The van der Waals surface area contributed by atoms with Crippen LogP contribution >= 0.6 is 0 Å². The molecular weight excluding hydrogens is 172 g/mol. The van der Waals surface area contributed by atoms with Crippen LogP contribution in [0.2, 0.25) is 0 Å². The Bertz CT molecular complexity index is 215. The molecule has 2 amide bonds. The molecule has 1 saturated heterocycles. The first-order chi connectivity index (χ1) is 6.09. The Balaban J connectivity index is 2.31. The summed E-state index contributed by atoms with van der Waals surface area (Å²) in [5.74, 6) is -0.0943. The lowest BCUT2D eigenvalue weighted by atomic mass is 10.1. The predicted octanol–water partition coefficient (Wildman–Crippen LogP) is -0.421. The molecule has 0 aromatic carbocycles.